The molecule has 31 heavy (non-hydrogen) atoms. The molecule has 0 amide bonds. The van der Waals surface area contributed by atoms with Crippen molar-refractivity contribution < 1.29 is 9.13 Å². The first-order valence-corrected chi connectivity index (χ1v) is 11.6. The molecule has 1 aromatic carbocycles. The minimum Gasteiger partial charge on any atom is -0.384 e. The van der Waals surface area contributed by atoms with Crippen LogP contribution in [-0.2, 0) is 17.6 Å². The first-order valence-electron chi connectivity index (χ1n) is 11.6. The molecule has 5 nitrogen and oxygen atoms in total. The van der Waals surface area contributed by atoms with Crippen LogP contribution < -0.4 is 11.1 Å². The Morgan fingerprint density at radius 2 is 2.06 bits per heavy atom. The lowest BCUT2D eigenvalue weighted by atomic mass is 9.91. The van der Waals surface area contributed by atoms with Crippen LogP contribution in [-0.4, -0.2) is 54.8 Å². The van der Waals surface area contributed by atoms with Gasteiger partial charge in [0.05, 0.1) is 12.7 Å². The second kappa shape index (κ2) is 10.5. The van der Waals surface area contributed by atoms with E-state index in [0.717, 1.165) is 62.4 Å². The molecule has 168 valence electrons. The Kier molecular flexibility index (Phi) is 7.54. The number of nitrogen functional groups attached to an aromatic ring is 1. The van der Waals surface area contributed by atoms with Crippen LogP contribution in [0.2, 0.25) is 0 Å². The predicted octanol–water partition coefficient (Wildman–Crippen LogP) is 3.36. The van der Waals surface area contributed by atoms with E-state index in [4.69, 9.17) is 10.5 Å². The van der Waals surface area contributed by atoms with Crippen molar-refractivity contribution in [3.05, 3.63) is 59.0 Å². The van der Waals surface area contributed by atoms with Gasteiger partial charge in [-0.1, -0.05) is 18.6 Å². The normalized spacial score (nSPS) is 21.5. The molecule has 1 aliphatic carbocycles. The van der Waals surface area contributed by atoms with Crippen molar-refractivity contribution in [1.82, 2.24) is 15.2 Å². The fourth-order valence-corrected chi connectivity index (χ4v) is 4.76. The minimum absolute atomic E-state index is 0.152. The first-order chi connectivity index (χ1) is 15.1. The molecule has 3 N–H and O–H groups in total. The summed E-state index contributed by atoms with van der Waals surface area (Å²) in [5.74, 6) is 0.853. The van der Waals surface area contributed by atoms with E-state index >= 15 is 0 Å². The van der Waals surface area contributed by atoms with Crippen molar-refractivity contribution in [3.8, 4) is 0 Å². The number of benzene rings is 1. The van der Waals surface area contributed by atoms with Crippen LogP contribution in [0.3, 0.4) is 0 Å². The van der Waals surface area contributed by atoms with Crippen LogP contribution in [0.25, 0.3) is 0 Å². The average molecular weight is 427 g/mol. The van der Waals surface area contributed by atoms with Crippen molar-refractivity contribution in [2.75, 3.05) is 38.5 Å². The molecule has 0 radical (unpaired) electrons. The van der Waals surface area contributed by atoms with E-state index in [1.807, 2.05) is 12.1 Å². The fourth-order valence-electron chi connectivity index (χ4n) is 4.76. The highest BCUT2D eigenvalue weighted by molar-refractivity contribution is 5.34. The van der Waals surface area contributed by atoms with E-state index in [1.165, 1.54) is 25.3 Å². The van der Waals surface area contributed by atoms with Gasteiger partial charge in [0.15, 0.2) is 0 Å². The summed E-state index contributed by atoms with van der Waals surface area (Å²) in [5, 5.41) is 3.47. The van der Waals surface area contributed by atoms with Crippen molar-refractivity contribution in [1.29, 1.82) is 0 Å². The first kappa shape index (κ1) is 22.2. The SMILES string of the molecule is Cc1cc(N)nc(C[C@H]2CNC[C@H]2OCCN(CCc2cccc(F)c2)C2CCC2)c1. The second-order valence-electron chi connectivity index (χ2n) is 9.09. The minimum atomic E-state index is -0.152. The summed E-state index contributed by atoms with van der Waals surface area (Å²) in [4.78, 5) is 7.04. The molecule has 0 unspecified atom stereocenters. The van der Waals surface area contributed by atoms with Crippen molar-refractivity contribution >= 4 is 5.82 Å². The Labute approximate surface area is 185 Å². The summed E-state index contributed by atoms with van der Waals surface area (Å²) in [7, 11) is 0. The second-order valence-corrected chi connectivity index (χ2v) is 9.09. The van der Waals surface area contributed by atoms with Crippen LogP contribution in [0.15, 0.2) is 36.4 Å². The molecule has 2 heterocycles. The van der Waals surface area contributed by atoms with Crippen LogP contribution in [0.5, 0.6) is 0 Å². The van der Waals surface area contributed by atoms with Gasteiger partial charge in [-0.2, -0.15) is 0 Å². The van der Waals surface area contributed by atoms with Gasteiger partial charge in [-0.05, 0) is 68.0 Å². The molecule has 4 rings (SSSR count). The molecule has 2 aromatic rings. The highest BCUT2D eigenvalue weighted by Crippen LogP contribution is 2.25. The van der Waals surface area contributed by atoms with E-state index < -0.39 is 0 Å². The zero-order valence-electron chi connectivity index (χ0n) is 18.5. The smallest absolute Gasteiger partial charge is 0.123 e. The summed E-state index contributed by atoms with van der Waals surface area (Å²) in [6, 6.07) is 11.6. The maximum atomic E-state index is 13.5. The van der Waals surface area contributed by atoms with Crippen LogP contribution in [0.1, 0.15) is 36.1 Å². The molecule has 2 fully saturated rings. The molecule has 6 heteroatoms. The van der Waals surface area contributed by atoms with Gasteiger partial charge in [0.1, 0.15) is 11.6 Å². The third-order valence-electron chi connectivity index (χ3n) is 6.67. The van der Waals surface area contributed by atoms with E-state index in [2.05, 4.69) is 28.2 Å². The van der Waals surface area contributed by atoms with Gasteiger partial charge < -0.3 is 15.8 Å². The van der Waals surface area contributed by atoms with Gasteiger partial charge in [0.2, 0.25) is 0 Å². The van der Waals surface area contributed by atoms with Crippen LogP contribution in [0.4, 0.5) is 10.2 Å². The topological polar surface area (TPSA) is 63.4 Å². The molecule has 1 aliphatic heterocycles. The van der Waals surface area contributed by atoms with E-state index in [1.54, 1.807) is 12.1 Å². The molecule has 0 bridgehead atoms. The van der Waals surface area contributed by atoms with Gasteiger partial charge in [-0.15, -0.1) is 0 Å². The largest absolute Gasteiger partial charge is 0.384 e. The molecule has 1 saturated heterocycles. The molecule has 2 atom stereocenters. The van der Waals surface area contributed by atoms with Gasteiger partial charge in [0, 0.05) is 43.8 Å². The number of aryl methyl sites for hydroxylation is 1. The lowest BCUT2D eigenvalue weighted by Crippen LogP contribution is -2.43. The van der Waals surface area contributed by atoms with E-state index in [-0.39, 0.29) is 11.9 Å². The average Bonchev–Trinajstić information content (AvgIpc) is 3.10. The van der Waals surface area contributed by atoms with Gasteiger partial charge in [-0.3, -0.25) is 4.90 Å². The zero-order valence-corrected chi connectivity index (χ0v) is 18.5. The van der Waals surface area contributed by atoms with E-state index in [9.17, 15) is 4.39 Å². The standard InChI is InChI=1S/C25H35FN4O/c1-18-12-22(29-25(27)13-18)15-20-16-28-17-24(20)31-11-10-30(23-6-3-7-23)9-8-19-4-2-5-21(26)14-19/h2,4-5,12-14,20,23-24,28H,3,6-11,15-17H2,1H3,(H2,27,29)/t20-,24+/m0/s1. The highest BCUT2D eigenvalue weighted by atomic mass is 19.1. The molecule has 0 spiro atoms. The number of nitrogens with two attached hydrogens (primary N) is 1. The fraction of sp³-hybridized carbons (Fsp3) is 0.560. The maximum Gasteiger partial charge on any atom is 0.123 e. The number of aromatic nitrogens is 1. The highest BCUT2D eigenvalue weighted by Gasteiger charge is 2.29. The number of hydrogen-bond acceptors (Lipinski definition) is 5. The zero-order chi connectivity index (χ0) is 21.6. The number of ether oxygens (including phenoxy) is 1. The number of rotatable bonds is 10. The summed E-state index contributed by atoms with van der Waals surface area (Å²) < 4.78 is 19.8. The van der Waals surface area contributed by atoms with Gasteiger partial charge in [-0.25, -0.2) is 9.37 Å². The quantitative estimate of drug-likeness (QED) is 0.610. The van der Waals surface area contributed by atoms with Crippen molar-refractivity contribution in [3.63, 3.8) is 0 Å². The number of hydrogen-bond donors (Lipinski definition) is 2. The Morgan fingerprint density at radius 1 is 1.19 bits per heavy atom. The summed E-state index contributed by atoms with van der Waals surface area (Å²) >= 11 is 0. The van der Waals surface area contributed by atoms with Crippen LogP contribution in [0, 0.1) is 18.7 Å². The molecule has 2 aliphatic rings. The number of anilines is 1. The summed E-state index contributed by atoms with van der Waals surface area (Å²) in [6.45, 7) is 6.51. The summed E-state index contributed by atoms with van der Waals surface area (Å²) in [6.07, 6.45) is 5.80. The predicted molar refractivity (Wildman–Crippen MR) is 123 cm³/mol. The molecular weight excluding hydrogens is 391 g/mol. The van der Waals surface area contributed by atoms with E-state index in [0.29, 0.717) is 17.8 Å². The number of nitrogens with one attached hydrogen (secondary N) is 1. The third-order valence-corrected chi connectivity index (χ3v) is 6.67. The maximum absolute atomic E-state index is 13.5. The molecular formula is C25H35FN4O. The number of halogens is 1. The monoisotopic (exact) mass is 426 g/mol. The van der Waals surface area contributed by atoms with Gasteiger partial charge in [0.25, 0.3) is 0 Å². The Hall–Kier alpha value is -2.02. The Morgan fingerprint density at radius 3 is 2.81 bits per heavy atom. The Balaban J connectivity index is 1.27. The van der Waals surface area contributed by atoms with Gasteiger partial charge >= 0.3 is 0 Å². The lowest BCUT2D eigenvalue weighted by molar-refractivity contribution is 0.01000. The summed E-state index contributed by atoms with van der Waals surface area (Å²) in [5.41, 5.74) is 9.19. The lowest BCUT2D eigenvalue weighted by Gasteiger charge is -2.38. The third kappa shape index (κ3) is 6.25. The van der Waals surface area contributed by atoms with Crippen LogP contribution >= 0.6 is 0 Å². The number of pyridine rings is 1. The molecule has 1 aromatic heterocycles. The van der Waals surface area contributed by atoms with Crippen molar-refractivity contribution in [2.24, 2.45) is 5.92 Å². The van der Waals surface area contributed by atoms with Crippen molar-refractivity contribution in [2.45, 2.75) is 51.2 Å². The number of nitrogens with zero attached hydrogens (tertiary/aromatic N) is 2. The Bertz CT molecular complexity index is 837. The molecule has 1 saturated carbocycles.